The van der Waals surface area contributed by atoms with Gasteiger partial charge in [-0.1, -0.05) is 67.1 Å². The van der Waals surface area contributed by atoms with E-state index in [-0.39, 0.29) is 29.5 Å². The first-order chi connectivity index (χ1) is 17.1. The average molecular weight is 506 g/mol. The van der Waals surface area contributed by atoms with E-state index in [0.29, 0.717) is 23.1 Å². The van der Waals surface area contributed by atoms with E-state index in [9.17, 15) is 9.59 Å². The van der Waals surface area contributed by atoms with Gasteiger partial charge in [0, 0.05) is 17.8 Å². The molecule has 0 bridgehead atoms. The summed E-state index contributed by atoms with van der Waals surface area (Å²) in [7, 11) is 0. The van der Waals surface area contributed by atoms with E-state index >= 15 is 0 Å². The summed E-state index contributed by atoms with van der Waals surface area (Å²) in [6.07, 6.45) is 1.76. The zero-order valence-electron chi connectivity index (χ0n) is 21.9. The summed E-state index contributed by atoms with van der Waals surface area (Å²) in [5.41, 5.74) is 5.76. The van der Waals surface area contributed by atoms with Gasteiger partial charge in [0.2, 0.25) is 5.91 Å². The minimum Gasteiger partial charge on any atom is -0.342 e. The monoisotopic (exact) mass is 505 g/mol. The van der Waals surface area contributed by atoms with Gasteiger partial charge < -0.3 is 15.2 Å². The second-order valence-corrected chi connectivity index (χ2v) is 10.4. The van der Waals surface area contributed by atoms with Crippen LogP contribution in [0, 0.1) is 33.6 Å². The molecule has 0 spiro atoms. The molecule has 0 fully saturated rings. The van der Waals surface area contributed by atoms with Gasteiger partial charge in [-0.25, -0.2) is 0 Å². The number of aromatic nitrogens is 3. The van der Waals surface area contributed by atoms with Crippen LogP contribution in [-0.4, -0.2) is 32.3 Å². The molecule has 0 saturated carbocycles. The van der Waals surface area contributed by atoms with Gasteiger partial charge in [0.05, 0.1) is 11.8 Å². The molecule has 2 N–H and O–H groups in total. The van der Waals surface area contributed by atoms with Crippen LogP contribution in [0.5, 0.6) is 0 Å². The second-order valence-electron chi connectivity index (χ2n) is 9.41. The van der Waals surface area contributed by atoms with Gasteiger partial charge in [0.1, 0.15) is 0 Å². The quantitative estimate of drug-likeness (QED) is 0.278. The van der Waals surface area contributed by atoms with Crippen molar-refractivity contribution in [2.75, 3.05) is 11.1 Å². The minimum atomic E-state index is -0.354. The fourth-order valence-corrected chi connectivity index (χ4v) is 4.83. The number of rotatable bonds is 10. The molecule has 2 amide bonds. The second kappa shape index (κ2) is 12.0. The predicted octanol–water partition coefficient (Wildman–Crippen LogP) is 5.56. The van der Waals surface area contributed by atoms with Crippen molar-refractivity contribution in [3.05, 3.63) is 82.7 Å². The number of benzene rings is 2. The number of carbonyl (C=O) groups is 2. The highest BCUT2D eigenvalue weighted by molar-refractivity contribution is 7.99. The van der Waals surface area contributed by atoms with E-state index in [1.807, 2.05) is 70.4 Å². The molecule has 1 heterocycles. The zero-order chi connectivity index (χ0) is 26.4. The lowest BCUT2D eigenvalue weighted by Gasteiger charge is -2.22. The smallest absolute Gasteiger partial charge is 0.251 e. The minimum absolute atomic E-state index is 0.0702. The number of thioether (sulfide) groups is 1. The molecule has 0 radical (unpaired) electrons. The first-order valence-corrected chi connectivity index (χ1v) is 13.0. The summed E-state index contributed by atoms with van der Waals surface area (Å²) < 4.78 is 1.91. The number of hydrogen-bond donors (Lipinski definition) is 2. The lowest BCUT2D eigenvalue weighted by Crippen LogP contribution is -2.33. The van der Waals surface area contributed by atoms with Gasteiger partial charge in [-0.3, -0.25) is 9.59 Å². The molecule has 0 saturated heterocycles. The molecule has 1 aromatic heterocycles. The Bertz CT molecular complexity index is 1220. The Morgan fingerprint density at radius 3 is 2.25 bits per heavy atom. The van der Waals surface area contributed by atoms with E-state index in [2.05, 4.69) is 39.5 Å². The average Bonchev–Trinajstić information content (AvgIpc) is 3.21. The van der Waals surface area contributed by atoms with Crippen LogP contribution in [0.2, 0.25) is 0 Å². The molecule has 7 nitrogen and oxygen atoms in total. The predicted molar refractivity (Wildman–Crippen MR) is 146 cm³/mol. The number of nitrogens with zero attached hydrogens (tertiary/aromatic N) is 3. The fraction of sp³-hybridized carbons (Fsp3) is 0.357. The Morgan fingerprint density at radius 1 is 1.03 bits per heavy atom. The van der Waals surface area contributed by atoms with Gasteiger partial charge in [-0.2, -0.15) is 0 Å². The van der Waals surface area contributed by atoms with Crippen LogP contribution in [0.3, 0.4) is 0 Å². The molecule has 36 heavy (non-hydrogen) atoms. The van der Waals surface area contributed by atoms with E-state index in [0.717, 1.165) is 27.9 Å². The molecule has 8 heteroatoms. The first-order valence-electron chi connectivity index (χ1n) is 12.0. The SMILES string of the molecule is C=CCn1c(SCC(=O)Nc2c(C)cc(C)cc2C)nnc1[C@H](NC(=O)c1ccc(C)cc1)C(C)C. The summed E-state index contributed by atoms with van der Waals surface area (Å²) >= 11 is 1.31. The Morgan fingerprint density at radius 2 is 1.67 bits per heavy atom. The van der Waals surface area contributed by atoms with Gasteiger partial charge in [-0.05, 0) is 56.9 Å². The van der Waals surface area contributed by atoms with Crippen molar-refractivity contribution in [3.8, 4) is 0 Å². The highest BCUT2D eigenvalue weighted by Crippen LogP contribution is 2.27. The molecule has 0 aliphatic heterocycles. The van der Waals surface area contributed by atoms with Crippen molar-refractivity contribution >= 4 is 29.3 Å². The highest BCUT2D eigenvalue weighted by Gasteiger charge is 2.26. The maximum absolute atomic E-state index is 12.9. The van der Waals surface area contributed by atoms with Crippen molar-refractivity contribution in [2.24, 2.45) is 5.92 Å². The van der Waals surface area contributed by atoms with Crippen molar-refractivity contribution in [2.45, 2.75) is 59.3 Å². The molecule has 3 aromatic rings. The lowest BCUT2D eigenvalue weighted by atomic mass is 10.0. The van der Waals surface area contributed by atoms with Gasteiger partial charge in [0.15, 0.2) is 11.0 Å². The van der Waals surface area contributed by atoms with E-state index in [1.165, 1.54) is 11.8 Å². The van der Waals surface area contributed by atoms with Crippen LogP contribution in [-0.2, 0) is 11.3 Å². The van der Waals surface area contributed by atoms with Crippen molar-refractivity contribution in [3.63, 3.8) is 0 Å². The number of aryl methyl sites for hydroxylation is 4. The standard InChI is InChI=1S/C28H35N5O2S/c1-8-13-33-26(24(17(2)3)30-27(35)22-11-9-18(4)10-12-22)31-32-28(33)36-16-23(34)29-25-20(6)14-19(5)15-21(25)7/h8-12,14-15,17,24H,1,13,16H2,2-7H3,(H,29,34)(H,30,35)/t24-/m1/s1. The number of allylic oxidation sites excluding steroid dienone is 1. The van der Waals surface area contributed by atoms with E-state index in [4.69, 9.17) is 0 Å². The van der Waals surface area contributed by atoms with Crippen LogP contribution in [0.15, 0.2) is 54.2 Å². The number of anilines is 1. The zero-order valence-corrected chi connectivity index (χ0v) is 22.7. The number of carbonyl (C=O) groups excluding carboxylic acids is 2. The molecule has 0 aliphatic rings. The van der Waals surface area contributed by atoms with Crippen LogP contribution in [0.4, 0.5) is 5.69 Å². The normalized spacial score (nSPS) is 11.9. The molecular formula is C28H35N5O2S. The molecular weight excluding hydrogens is 470 g/mol. The highest BCUT2D eigenvalue weighted by atomic mass is 32.2. The van der Waals surface area contributed by atoms with E-state index in [1.54, 1.807) is 6.08 Å². The largest absolute Gasteiger partial charge is 0.342 e. The fourth-order valence-electron chi connectivity index (χ4n) is 4.08. The van der Waals surface area contributed by atoms with Crippen LogP contribution in [0.1, 0.15) is 58.3 Å². The number of nitrogens with one attached hydrogen (secondary N) is 2. The number of amides is 2. The Balaban J connectivity index is 1.76. The molecule has 0 unspecified atom stereocenters. The third kappa shape index (κ3) is 6.63. The molecule has 0 aliphatic carbocycles. The maximum Gasteiger partial charge on any atom is 0.251 e. The Labute approximate surface area is 217 Å². The Kier molecular flexibility index (Phi) is 9.09. The molecule has 3 rings (SSSR count). The van der Waals surface area contributed by atoms with Crippen molar-refractivity contribution < 1.29 is 9.59 Å². The molecule has 190 valence electrons. The van der Waals surface area contributed by atoms with Gasteiger partial charge >= 0.3 is 0 Å². The summed E-state index contributed by atoms with van der Waals surface area (Å²) in [5, 5.41) is 15.5. The maximum atomic E-state index is 12.9. The van der Waals surface area contributed by atoms with Gasteiger partial charge in [-0.15, -0.1) is 16.8 Å². The summed E-state index contributed by atoms with van der Waals surface area (Å²) in [5.74, 6) is 0.612. The third-order valence-corrected chi connectivity index (χ3v) is 6.84. The van der Waals surface area contributed by atoms with E-state index < -0.39 is 0 Å². The van der Waals surface area contributed by atoms with Gasteiger partial charge in [0.25, 0.3) is 5.91 Å². The van der Waals surface area contributed by atoms with Crippen molar-refractivity contribution in [1.82, 2.24) is 20.1 Å². The van der Waals surface area contributed by atoms with Crippen LogP contribution < -0.4 is 10.6 Å². The Hall–Kier alpha value is -3.39. The molecule has 2 aromatic carbocycles. The first kappa shape index (κ1) is 27.2. The third-order valence-electron chi connectivity index (χ3n) is 5.88. The van der Waals surface area contributed by atoms with Crippen molar-refractivity contribution in [1.29, 1.82) is 0 Å². The summed E-state index contributed by atoms with van der Waals surface area (Å²) in [6.45, 7) is 16.4. The van der Waals surface area contributed by atoms with Crippen LogP contribution in [0.25, 0.3) is 0 Å². The summed E-state index contributed by atoms with van der Waals surface area (Å²) in [6, 6.07) is 11.2. The number of hydrogen-bond acceptors (Lipinski definition) is 5. The van der Waals surface area contributed by atoms with Crippen LogP contribution >= 0.6 is 11.8 Å². The topological polar surface area (TPSA) is 88.9 Å². The molecule has 1 atom stereocenters. The summed E-state index contributed by atoms with van der Waals surface area (Å²) in [4.78, 5) is 25.7. The lowest BCUT2D eigenvalue weighted by molar-refractivity contribution is -0.113.